The molecule has 8 nitrogen and oxygen atoms in total. The molecule has 1 N–H and O–H groups in total. The third-order valence-corrected chi connectivity index (χ3v) is 8.03. The fraction of sp³-hybridized carbons (Fsp3) is 0.531. The Hall–Kier alpha value is -3.23. The second-order valence-electron chi connectivity index (χ2n) is 12.2. The molecule has 4 rings (SSSR count). The van der Waals surface area contributed by atoms with Crippen molar-refractivity contribution in [3.05, 3.63) is 71.8 Å². The highest BCUT2D eigenvalue weighted by Crippen LogP contribution is 2.42. The van der Waals surface area contributed by atoms with Crippen LogP contribution in [0.3, 0.4) is 0 Å². The molecule has 2 aliphatic rings. The van der Waals surface area contributed by atoms with Crippen molar-refractivity contribution in [1.82, 2.24) is 5.06 Å². The van der Waals surface area contributed by atoms with E-state index in [0.29, 0.717) is 44.1 Å². The zero-order valence-corrected chi connectivity index (χ0v) is 23.9. The number of benzene rings is 2. The van der Waals surface area contributed by atoms with Gasteiger partial charge in [-0.3, -0.25) is 14.4 Å². The molecule has 1 saturated carbocycles. The molecule has 2 aromatic rings. The van der Waals surface area contributed by atoms with E-state index in [2.05, 4.69) is 27.7 Å². The first-order valence-electron chi connectivity index (χ1n) is 14.1. The van der Waals surface area contributed by atoms with Gasteiger partial charge in [-0.05, 0) is 71.1 Å². The summed E-state index contributed by atoms with van der Waals surface area (Å²) in [5.74, 6) is -2.05. The van der Waals surface area contributed by atoms with Crippen LogP contribution >= 0.6 is 0 Å². The summed E-state index contributed by atoms with van der Waals surface area (Å²) < 4.78 is 11.7. The molecule has 0 bridgehead atoms. The minimum Gasteiger partial charge on any atom is -0.481 e. The molecule has 40 heavy (non-hydrogen) atoms. The SMILES string of the molecule is CC1(C)CC(OC(=O)C2CCC(C(=O)O)CC2)CC(C)(C)N1OC(COC(=O)c1ccccc1)c1ccccc1. The van der Waals surface area contributed by atoms with Gasteiger partial charge in [0, 0.05) is 23.9 Å². The van der Waals surface area contributed by atoms with Crippen LogP contribution in [0.15, 0.2) is 60.7 Å². The molecular formula is C32H41NO7. The van der Waals surface area contributed by atoms with Crippen LogP contribution in [0.25, 0.3) is 0 Å². The van der Waals surface area contributed by atoms with Crippen molar-refractivity contribution in [2.45, 2.75) is 89.5 Å². The standard InChI is InChI=1S/C32H41NO7/c1-31(2)19-26(39-30(37)25-17-15-23(16-18-25)28(34)35)20-32(3,4)33(31)40-27(22-11-7-5-8-12-22)21-38-29(36)24-13-9-6-10-14-24/h5-14,23,25-27H,15-21H2,1-4H3,(H,34,35). The molecule has 1 aliphatic heterocycles. The van der Waals surface area contributed by atoms with Gasteiger partial charge in [-0.25, -0.2) is 4.79 Å². The maximum Gasteiger partial charge on any atom is 0.338 e. The quantitative estimate of drug-likeness (QED) is 0.380. The highest BCUT2D eigenvalue weighted by molar-refractivity contribution is 5.89. The van der Waals surface area contributed by atoms with E-state index in [-0.39, 0.29) is 30.5 Å². The van der Waals surface area contributed by atoms with E-state index < -0.39 is 29.1 Å². The molecule has 1 unspecified atom stereocenters. The van der Waals surface area contributed by atoms with Crippen molar-refractivity contribution in [2.75, 3.05) is 6.61 Å². The number of carboxylic acid groups (broad SMARTS) is 1. The Kier molecular flexibility index (Phi) is 9.31. The lowest BCUT2D eigenvalue weighted by Gasteiger charge is -2.54. The van der Waals surface area contributed by atoms with E-state index >= 15 is 0 Å². The lowest BCUT2D eigenvalue weighted by Crippen LogP contribution is -2.62. The molecule has 0 amide bonds. The number of hydrogen-bond donors (Lipinski definition) is 1. The third-order valence-electron chi connectivity index (χ3n) is 8.03. The number of carboxylic acids is 1. The predicted molar refractivity (Wildman–Crippen MR) is 149 cm³/mol. The van der Waals surface area contributed by atoms with Gasteiger partial charge in [0.25, 0.3) is 0 Å². The topological polar surface area (TPSA) is 102 Å². The van der Waals surface area contributed by atoms with E-state index in [0.717, 1.165) is 5.56 Å². The normalized spacial score (nSPS) is 23.6. The fourth-order valence-corrected chi connectivity index (χ4v) is 6.17. The molecular weight excluding hydrogens is 510 g/mol. The third kappa shape index (κ3) is 7.29. The van der Waals surface area contributed by atoms with E-state index in [1.807, 2.05) is 41.5 Å². The summed E-state index contributed by atoms with van der Waals surface area (Å²) in [7, 11) is 0. The molecule has 1 atom stereocenters. The second-order valence-corrected chi connectivity index (χ2v) is 12.2. The minimum absolute atomic E-state index is 0.0395. The number of piperidine rings is 1. The first kappa shape index (κ1) is 29.7. The summed E-state index contributed by atoms with van der Waals surface area (Å²) in [6.45, 7) is 8.28. The average Bonchev–Trinajstić information content (AvgIpc) is 2.92. The lowest BCUT2D eigenvalue weighted by molar-refractivity contribution is -0.320. The minimum atomic E-state index is -0.786. The van der Waals surface area contributed by atoms with Gasteiger partial charge in [-0.15, -0.1) is 0 Å². The van der Waals surface area contributed by atoms with Gasteiger partial charge < -0.3 is 14.6 Å². The number of rotatable bonds is 9. The highest BCUT2D eigenvalue weighted by Gasteiger charge is 2.49. The number of aliphatic carboxylic acids is 1. The summed E-state index contributed by atoms with van der Waals surface area (Å²) in [4.78, 5) is 43.6. The average molecular weight is 552 g/mol. The van der Waals surface area contributed by atoms with Crippen molar-refractivity contribution in [1.29, 1.82) is 0 Å². The van der Waals surface area contributed by atoms with Gasteiger partial charge in [0.15, 0.2) is 0 Å². The monoisotopic (exact) mass is 551 g/mol. The number of ether oxygens (including phenoxy) is 2. The van der Waals surface area contributed by atoms with Gasteiger partial charge in [-0.1, -0.05) is 48.5 Å². The van der Waals surface area contributed by atoms with Gasteiger partial charge in [0.05, 0.1) is 17.4 Å². The summed E-state index contributed by atoms with van der Waals surface area (Å²) >= 11 is 0. The van der Waals surface area contributed by atoms with Crippen LogP contribution < -0.4 is 0 Å². The van der Waals surface area contributed by atoms with Gasteiger partial charge >= 0.3 is 17.9 Å². The van der Waals surface area contributed by atoms with Gasteiger partial charge in [0.1, 0.15) is 18.8 Å². The number of carbonyl (C=O) groups excluding carboxylic acids is 2. The number of carbonyl (C=O) groups is 3. The smallest absolute Gasteiger partial charge is 0.338 e. The summed E-state index contributed by atoms with van der Waals surface area (Å²) in [5.41, 5.74) is 0.378. The first-order chi connectivity index (χ1) is 19.0. The van der Waals surface area contributed by atoms with E-state index in [1.165, 1.54) is 0 Å². The molecule has 1 saturated heterocycles. The van der Waals surface area contributed by atoms with Crippen molar-refractivity contribution in [3.63, 3.8) is 0 Å². The number of esters is 2. The van der Waals surface area contributed by atoms with Crippen molar-refractivity contribution in [3.8, 4) is 0 Å². The Bertz CT molecular complexity index is 1140. The summed E-state index contributed by atoms with van der Waals surface area (Å²) in [6, 6.07) is 18.6. The molecule has 1 aliphatic carbocycles. The van der Waals surface area contributed by atoms with Gasteiger partial charge in [-0.2, -0.15) is 5.06 Å². The van der Waals surface area contributed by atoms with Crippen LogP contribution in [0, 0.1) is 11.8 Å². The summed E-state index contributed by atoms with van der Waals surface area (Å²) in [6.07, 6.45) is 2.42. The molecule has 0 spiro atoms. The molecule has 0 radical (unpaired) electrons. The zero-order valence-electron chi connectivity index (χ0n) is 23.9. The molecule has 216 valence electrons. The van der Waals surface area contributed by atoms with Crippen LogP contribution in [-0.2, 0) is 23.9 Å². The van der Waals surface area contributed by atoms with Crippen molar-refractivity contribution >= 4 is 17.9 Å². The molecule has 1 heterocycles. The van der Waals surface area contributed by atoms with E-state index in [9.17, 15) is 19.5 Å². The Morgan fingerprint density at radius 1 is 0.850 bits per heavy atom. The summed E-state index contributed by atoms with van der Waals surface area (Å²) in [5, 5.41) is 11.2. The Morgan fingerprint density at radius 3 is 1.93 bits per heavy atom. The molecule has 8 heteroatoms. The molecule has 2 fully saturated rings. The number of nitrogens with zero attached hydrogens (tertiary/aromatic N) is 1. The van der Waals surface area contributed by atoms with Gasteiger partial charge in [0.2, 0.25) is 0 Å². The van der Waals surface area contributed by atoms with E-state index in [1.54, 1.807) is 24.3 Å². The van der Waals surface area contributed by atoms with Crippen LogP contribution in [0.2, 0.25) is 0 Å². The lowest BCUT2D eigenvalue weighted by atomic mass is 9.79. The maximum atomic E-state index is 13.0. The van der Waals surface area contributed by atoms with E-state index in [4.69, 9.17) is 14.3 Å². The Balaban J connectivity index is 1.43. The van der Waals surface area contributed by atoms with Crippen LogP contribution in [-0.4, -0.2) is 51.9 Å². The Labute approximate surface area is 236 Å². The largest absolute Gasteiger partial charge is 0.481 e. The fourth-order valence-electron chi connectivity index (χ4n) is 6.17. The Morgan fingerprint density at radius 2 is 1.38 bits per heavy atom. The maximum absolute atomic E-state index is 13.0. The van der Waals surface area contributed by atoms with Crippen LogP contribution in [0.1, 0.15) is 88.2 Å². The van der Waals surface area contributed by atoms with Crippen LogP contribution in [0.4, 0.5) is 0 Å². The number of hydrogen-bond acceptors (Lipinski definition) is 7. The predicted octanol–water partition coefficient (Wildman–Crippen LogP) is 5.97. The highest BCUT2D eigenvalue weighted by atomic mass is 16.7. The number of hydroxylamine groups is 2. The second kappa shape index (κ2) is 12.5. The zero-order chi connectivity index (χ0) is 28.9. The van der Waals surface area contributed by atoms with Crippen LogP contribution in [0.5, 0.6) is 0 Å². The van der Waals surface area contributed by atoms with Crippen molar-refractivity contribution in [2.24, 2.45) is 11.8 Å². The first-order valence-corrected chi connectivity index (χ1v) is 14.1. The molecule has 0 aromatic heterocycles. The van der Waals surface area contributed by atoms with Crippen molar-refractivity contribution < 1.29 is 33.8 Å². The molecule has 2 aromatic carbocycles.